The van der Waals surface area contributed by atoms with Crippen molar-refractivity contribution in [2.24, 2.45) is 0 Å². The van der Waals surface area contributed by atoms with E-state index in [2.05, 4.69) is 6.92 Å². The fourth-order valence-corrected chi connectivity index (χ4v) is 3.63. The molecule has 28 heavy (non-hydrogen) atoms. The van der Waals surface area contributed by atoms with Gasteiger partial charge in [0.15, 0.2) is 0 Å². The van der Waals surface area contributed by atoms with E-state index < -0.39 is 24.4 Å². The number of aliphatic hydroxyl groups excluding tert-OH is 3. The molecule has 1 rings (SSSR count). The Hall–Kier alpha value is -0.620. The third kappa shape index (κ3) is 12.1. The van der Waals surface area contributed by atoms with Crippen molar-refractivity contribution in [1.29, 1.82) is 0 Å². The molecular weight excluding hydrogens is 356 g/mol. The predicted molar refractivity (Wildman–Crippen MR) is 113 cm³/mol. The third-order valence-electron chi connectivity index (χ3n) is 5.50. The van der Waals surface area contributed by atoms with Crippen LogP contribution in [0, 0.1) is 0 Å². The molecule has 1 saturated heterocycles. The van der Waals surface area contributed by atoms with Crippen molar-refractivity contribution in [2.75, 3.05) is 13.2 Å². The third-order valence-corrected chi connectivity index (χ3v) is 5.50. The normalized spacial score (nSPS) is 23.5. The minimum absolute atomic E-state index is 0.0534. The van der Waals surface area contributed by atoms with Crippen molar-refractivity contribution in [1.82, 2.24) is 0 Å². The summed E-state index contributed by atoms with van der Waals surface area (Å²) in [5.74, 6) is 0. The van der Waals surface area contributed by atoms with E-state index in [-0.39, 0.29) is 13.2 Å². The molecule has 1 heterocycles. The highest BCUT2D eigenvalue weighted by Crippen LogP contribution is 2.18. The molecule has 1 aliphatic heterocycles. The van der Waals surface area contributed by atoms with Gasteiger partial charge in [-0.3, -0.25) is 0 Å². The molecule has 0 aliphatic carbocycles. The average Bonchev–Trinajstić information content (AvgIpc) is 3.03. The Balaban J connectivity index is 1.81. The van der Waals surface area contributed by atoms with Gasteiger partial charge in [-0.25, -0.2) is 0 Å². The van der Waals surface area contributed by atoms with E-state index in [0.717, 1.165) is 12.8 Å². The second-order valence-electron chi connectivity index (χ2n) is 8.16. The minimum atomic E-state index is -1.05. The topological polar surface area (TPSA) is 79.2 Å². The van der Waals surface area contributed by atoms with Gasteiger partial charge in [0, 0.05) is 0 Å². The number of rotatable bonds is 18. The number of allylic oxidation sites excluding steroid dienone is 1. The van der Waals surface area contributed by atoms with E-state index in [0.29, 0.717) is 0 Å². The molecule has 1 aliphatic rings. The fraction of sp³-hybridized carbons (Fsp3) is 0.913. The van der Waals surface area contributed by atoms with E-state index in [9.17, 15) is 15.3 Å². The molecule has 0 unspecified atom stereocenters. The average molecular weight is 401 g/mol. The summed E-state index contributed by atoms with van der Waals surface area (Å²) >= 11 is 0. The lowest BCUT2D eigenvalue weighted by Gasteiger charge is -2.20. The number of hydrogen-bond acceptors (Lipinski definition) is 5. The van der Waals surface area contributed by atoms with Crippen molar-refractivity contribution in [3.8, 4) is 0 Å². The Morgan fingerprint density at radius 1 is 0.893 bits per heavy atom. The van der Waals surface area contributed by atoms with Crippen molar-refractivity contribution in [2.45, 2.75) is 121 Å². The number of aliphatic hydroxyl groups is 3. The lowest BCUT2D eigenvalue weighted by molar-refractivity contribution is -0.0703. The molecule has 0 bridgehead atoms. The van der Waals surface area contributed by atoms with Crippen LogP contribution in [0.1, 0.15) is 96.8 Å². The van der Waals surface area contributed by atoms with Crippen LogP contribution in [0.15, 0.2) is 12.3 Å². The Morgan fingerprint density at radius 2 is 1.43 bits per heavy atom. The van der Waals surface area contributed by atoms with Gasteiger partial charge in [0.2, 0.25) is 0 Å². The quantitative estimate of drug-likeness (QED) is 0.233. The van der Waals surface area contributed by atoms with Crippen molar-refractivity contribution < 1.29 is 24.8 Å². The first-order chi connectivity index (χ1) is 13.7. The SMILES string of the molecule is CCCCCCCCCCCCCCC/C=C/OC[C@@H](O)[C@@H]1OC[C@H](O)[C@@H]1O. The smallest absolute Gasteiger partial charge is 0.117 e. The van der Waals surface area contributed by atoms with Crippen LogP contribution in [0.4, 0.5) is 0 Å². The molecule has 0 aromatic heterocycles. The number of unbranched alkanes of at least 4 members (excludes halogenated alkanes) is 13. The highest BCUT2D eigenvalue weighted by atomic mass is 16.5. The van der Waals surface area contributed by atoms with Crippen LogP contribution in [0.2, 0.25) is 0 Å². The van der Waals surface area contributed by atoms with Crippen molar-refractivity contribution >= 4 is 0 Å². The first kappa shape index (κ1) is 25.4. The van der Waals surface area contributed by atoms with Crippen LogP contribution >= 0.6 is 0 Å². The van der Waals surface area contributed by atoms with E-state index in [1.165, 1.54) is 77.0 Å². The number of hydrogen-bond donors (Lipinski definition) is 3. The summed E-state index contributed by atoms with van der Waals surface area (Å²) in [4.78, 5) is 0. The van der Waals surface area contributed by atoms with Crippen LogP contribution in [-0.2, 0) is 9.47 Å². The lowest BCUT2D eigenvalue weighted by atomic mass is 10.0. The highest BCUT2D eigenvalue weighted by molar-refractivity contribution is 4.88. The molecule has 3 N–H and O–H groups in total. The molecule has 4 atom stereocenters. The summed E-state index contributed by atoms with van der Waals surface area (Å²) in [6, 6.07) is 0. The summed E-state index contributed by atoms with van der Waals surface area (Å²) in [5, 5.41) is 29.0. The summed E-state index contributed by atoms with van der Waals surface area (Å²) in [7, 11) is 0. The van der Waals surface area contributed by atoms with Crippen molar-refractivity contribution in [3.05, 3.63) is 12.3 Å². The molecule has 5 nitrogen and oxygen atoms in total. The Kier molecular flexibility index (Phi) is 15.7. The first-order valence-corrected chi connectivity index (χ1v) is 11.6. The van der Waals surface area contributed by atoms with E-state index >= 15 is 0 Å². The van der Waals surface area contributed by atoms with E-state index in [1.54, 1.807) is 6.26 Å². The van der Waals surface area contributed by atoms with Crippen LogP contribution in [0.5, 0.6) is 0 Å². The summed E-state index contributed by atoms with van der Waals surface area (Å²) in [6.45, 7) is 2.38. The van der Waals surface area contributed by atoms with E-state index in [4.69, 9.17) is 9.47 Å². The largest absolute Gasteiger partial charge is 0.499 e. The molecule has 5 heteroatoms. The zero-order valence-corrected chi connectivity index (χ0v) is 17.9. The first-order valence-electron chi connectivity index (χ1n) is 11.6. The monoisotopic (exact) mass is 400 g/mol. The minimum Gasteiger partial charge on any atom is -0.499 e. The molecule has 0 aromatic carbocycles. The molecule has 0 aromatic rings. The van der Waals surface area contributed by atoms with Gasteiger partial charge in [0.05, 0.1) is 12.9 Å². The van der Waals surface area contributed by atoms with Crippen LogP contribution in [0.3, 0.4) is 0 Å². The zero-order valence-electron chi connectivity index (χ0n) is 17.9. The lowest BCUT2D eigenvalue weighted by Crippen LogP contribution is -2.40. The van der Waals surface area contributed by atoms with Gasteiger partial charge >= 0.3 is 0 Å². The summed E-state index contributed by atoms with van der Waals surface area (Å²) in [5.41, 5.74) is 0. The molecule has 166 valence electrons. The van der Waals surface area contributed by atoms with Gasteiger partial charge in [-0.15, -0.1) is 0 Å². The second kappa shape index (κ2) is 17.3. The Morgan fingerprint density at radius 3 is 1.93 bits per heavy atom. The molecule has 0 spiro atoms. The molecular formula is C23H44O5. The van der Waals surface area contributed by atoms with E-state index in [1.807, 2.05) is 6.08 Å². The van der Waals surface area contributed by atoms with Crippen LogP contribution in [-0.4, -0.2) is 52.9 Å². The van der Waals surface area contributed by atoms with Crippen LogP contribution in [0.25, 0.3) is 0 Å². The van der Waals surface area contributed by atoms with Gasteiger partial charge in [0.1, 0.15) is 31.0 Å². The molecule has 0 saturated carbocycles. The zero-order chi connectivity index (χ0) is 20.5. The van der Waals surface area contributed by atoms with Gasteiger partial charge in [-0.1, -0.05) is 84.0 Å². The Labute approximate surface area is 172 Å². The van der Waals surface area contributed by atoms with Gasteiger partial charge in [-0.2, -0.15) is 0 Å². The standard InChI is InChI=1S/C23H44O5/c1-2-3-4-5-6-7-8-9-10-11-12-13-14-15-16-17-27-18-21(25)23-22(26)20(24)19-28-23/h16-17,20-26H,2-15,18-19H2,1H3/b17-16+/t20-,21+,22-,23-/m0/s1. The van der Waals surface area contributed by atoms with Crippen molar-refractivity contribution in [3.63, 3.8) is 0 Å². The van der Waals surface area contributed by atoms with Gasteiger partial charge < -0.3 is 24.8 Å². The van der Waals surface area contributed by atoms with Gasteiger partial charge in [0.25, 0.3) is 0 Å². The predicted octanol–water partition coefficient (Wildman–Crippen LogP) is 4.48. The molecule has 0 radical (unpaired) electrons. The highest BCUT2D eigenvalue weighted by Gasteiger charge is 2.39. The maximum Gasteiger partial charge on any atom is 0.117 e. The second-order valence-corrected chi connectivity index (χ2v) is 8.16. The number of ether oxygens (including phenoxy) is 2. The summed E-state index contributed by atoms with van der Waals surface area (Å²) < 4.78 is 10.5. The van der Waals surface area contributed by atoms with Gasteiger partial charge in [-0.05, 0) is 18.9 Å². The van der Waals surface area contributed by atoms with Crippen LogP contribution < -0.4 is 0 Å². The fourth-order valence-electron chi connectivity index (χ4n) is 3.63. The maximum atomic E-state index is 9.91. The summed E-state index contributed by atoms with van der Waals surface area (Å²) in [6.07, 6.45) is 18.5. The Bertz CT molecular complexity index is 374. The maximum absolute atomic E-state index is 9.91. The molecule has 0 amide bonds. The molecule has 1 fully saturated rings.